The Balaban J connectivity index is 2.00. The minimum Gasteiger partial charge on any atom is -0.307 e. The van der Waals surface area contributed by atoms with E-state index in [0.29, 0.717) is 17.5 Å². The van der Waals surface area contributed by atoms with Gasteiger partial charge in [0.05, 0.1) is 6.20 Å². The van der Waals surface area contributed by atoms with Crippen molar-refractivity contribution >= 4 is 0 Å². The highest BCUT2D eigenvalue weighted by atomic mass is 15.3. The van der Waals surface area contributed by atoms with Crippen LogP contribution in [-0.4, -0.2) is 15.8 Å². The van der Waals surface area contributed by atoms with Crippen molar-refractivity contribution in [3.05, 3.63) is 17.5 Å². The molecule has 1 aromatic heterocycles. The molecular weight excluding hydrogens is 234 g/mol. The highest BCUT2D eigenvalue weighted by Gasteiger charge is 2.33. The van der Waals surface area contributed by atoms with Crippen LogP contribution in [0.3, 0.4) is 0 Å². The van der Waals surface area contributed by atoms with E-state index in [1.54, 1.807) is 0 Å². The molecule has 0 amide bonds. The van der Waals surface area contributed by atoms with Crippen LogP contribution < -0.4 is 5.32 Å². The number of aryl methyl sites for hydroxylation is 1. The number of nitrogens with one attached hydrogen (secondary N) is 1. The molecule has 3 atom stereocenters. The van der Waals surface area contributed by atoms with Crippen molar-refractivity contribution in [2.45, 2.75) is 66.0 Å². The summed E-state index contributed by atoms with van der Waals surface area (Å²) >= 11 is 0. The summed E-state index contributed by atoms with van der Waals surface area (Å²) in [5.74, 6) is 0.753. The molecule has 1 aliphatic rings. The average Bonchev–Trinajstić information content (AvgIpc) is 2.63. The van der Waals surface area contributed by atoms with E-state index in [0.717, 1.165) is 5.92 Å². The molecule has 0 aromatic carbocycles. The summed E-state index contributed by atoms with van der Waals surface area (Å²) in [5, 5.41) is 8.17. The SMILES string of the molecule is Cc1c(C(C)NC2CCC(C)(C)CC2C)cnn1C. The van der Waals surface area contributed by atoms with Crippen LogP contribution in [0.2, 0.25) is 0 Å². The number of nitrogens with zero attached hydrogens (tertiary/aromatic N) is 2. The molecule has 0 aliphatic heterocycles. The van der Waals surface area contributed by atoms with E-state index in [-0.39, 0.29) is 0 Å². The lowest BCUT2D eigenvalue weighted by molar-refractivity contribution is 0.142. The normalized spacial score (nSPS) is 28.3. The first-order valence-corrected chi connectivity index (χ1v) is 7.55. The predicted octanol–water partition coefficient (Wildman–Crippen LogP) is 3.59. The molecular formula is C16H29N3. The van der Waals surface area contributed by atoms with Crippen molar-refractivity contribution in [2.75, 3.05) is 0 Å². The molecule has 0 spiro atoms. The van der Waals surface area contributed by atoms with Gasteiger partial charge in [-0.1, -0.05) is 20.8 Å². The summed E-state index contributed by atoms with van der Waals surface area (Å²) in [5.41, 5.74) is 3.12. The van der Waals surface area contributed by atoms with E-state index < -0.39 is 0 Å². The molecule has 1 heterocycles. The third kappa shape index (κ3) is 3.19. The van der Waals surface area contributed by atoms with Crippen molar-refractivity contribution < 1.29 is 0 Å². The average molecular weight is 263 g/mol. The topological polar surface area (TPSA) is 29.9 Å². The second-order valence-corrected chi connectivity index (χ2v) is 7.19. The van der Waals surface area contributed by atoms with E-state index in [9.17, 15) is 0 Å². The van der Waals surface area contributed by atoms with Crippen molar-refractivity contribution in [1.29, 1.82) is 0 Å². The van der Waals surface area contributed by atoms with Crippen LogP contribution in [0.5, 0.6) is 0 Å². The summed E-state index contributed by atoms with van der Waals surface area (Å²) in [7, 11) is 2.01. The lowest BCUT2D eigenvalue weighted by atomic mass is 9.70. The first-order valence-electron chi connectivity index (χ1n) is 7.55. The van der Waals surface area contributed by atoms with Crippen LogP contribution in [0.4, 0.5) is 0 Å². The van der Waals surface area contributed by atoms with Gasteiger partial charge in [0.1, 0.15) is 0 Å². The zero-order chi connectivity index (χ0) is 14.2. The second kappa shape index (κ2) is 5.28. The van der Waals surface area contributed by atoms with Gasteiger partial charge >= 0.3 is 0 Å². The third-order valence-corrected chi connectivity index (χ3v) is 4.90. The van der Waals surface area contributed by atoms with Gasteiger partial charge in [0.2, 0.25) is 0 Å². The molecule has 3 heteroatoms. The molecule has 19 heavy (non-hydrogen) atoms. The maximum absolute atomic E-state index is 4.35. The first kappa shape index (κ1) is 14.6. The summed E-state index contributed by atoms with van der Waals surface area (Å²) < 4.78 is 1.96. The number of rotatable bonds is 3. The smallest absolute Gasteiger partial charge is 0.0540 e. The minimum absolute atomic E-state index is 0.391. The van der Waals surface area contributed by atoms with E-state index >= 15 is 0 Å². The molecule has 1 N–H and O–H groups in total. The van der Waals surface area contributed by atoms with E-state index in [2.05, 4.69) is 45.0 Å². The van der Waals surface area contributed by atoms with Gasteiger partial charge in [0, 0.05) is 30.4 Å². The zero-order valence-corrected chi connectivity index (χ0v) is 13.3. The lowest BCUT2D eigenvalue weighted by Gasteiger charge is -2.40. The molecule has 1 aromatic rings. The molecule has 0 bridgehead atoms. The van der Waals surface area contributed by atoms with Gasteiger partial charge in [0.15, 0.2) is 0 Å². The van der Waals surface area contributed by atoms with Gasteiger partial charge in [-0.15, -0.1) is 0 Å². The molecule has 3 unspecified atom stereocenters. The fourth-order valence-corrected chi connectivity index (χ4v) is 3.55. The Kier molecular flexibility index (Phi) is 4.05. The lowest BCUT2D eigenvalue weighted by Crippen LogP contribution is -2.42. The monoisotopic (exact) mass is 263 g/mol. The van der Waals surface area contributed by atoms with Crippen LogP contribution in [0.25, 0.3) is 0 Å². The van der Waals surface area contributed by atoms with Gasteiger partial charge < -0.3 is 5.32 Å². The highest BCUT2D eigenvalue weighted by Crippen LogP contribution is 2.39. The van der Waals surface area contributed by atoms with E-state index in [1.807, 2.05) is 17.9 Å². The number of hydrogen-bond acceptors (Lipinski definition) is 2. The van der Waals surface area contributed by atoms with Crippen molar-refractivity contribution in [1.82, 2.24) is 15.1 Å². The van der Waals surface area contributed by atoms with Gasteiger partial charge in [-0.3, -0.25) is 4.68 Å². The van der Waals surface area contributed by atoms with Gasteiger partial charge in [-0.25, -0.2) is 0 Å². The highest BCUT2D eigenvalue weighted by molar-refractivity contribution is 5.20. The Bertz CT molecular complexity index is 433. The van der Waals surface area contributed by atoms with Crippen LogP contribution >= 0.6 is 0 Å². The fourth-order valence-electron chi connectivity index (χ4n) is 3.55. The zero-order valence-electron chi connectivity index (χ0n) is 13.3. The van der Waals surface area contributed by atoms with Crippen LogP contribution in [0.1, 0.15) is 64.3 Å². The Morgan fingerprint density at radius 1 is 1.47 bits per heavy atom. The van der Waals surface area contributed by atoms with Crippen LogP contribution in [-0.2, 0) is 7.05 Å². The third-order valence-electron chi connectivity index (χ3n) is 4.90. The minimum atomic E-state index is 0.391. The van der Waals surface area contributed by atoms with E-state index in [1.165, 1.54) is 30.5 Å². The van der Waals surface area contributed by atoms with Crippen LogP contribution in [0, 0.1) is 18.3 Å². The molecule has 1 aliphatic carbocycles. The molecule has 0 saturated heterocycles. The summed E-state index contributed by atoms with van der Waals surface area (Å²) in [6.45, 7) is 11.6. The molecule has 0 radical (unpaired) electrons. The largest absolute Gasteiger partial charge is 0.307 e. The molecule has 1 fully saturated rings. The molecule has 2 rings (SSSR count). The van der Waals surface area contributed by atoms with Crippen LogP contribution in [0.15, 0.2) is 6.20 Å². The molecule has 3 nitrogen and oxygen atoms in total. The summed E-state index contributed by atoms with van der Waals surface area (Å²) in [4.78, 5) is 0. The maximum atomic E-state index is 4.35. The summed E-state index contributed by atoms with van der Waals surface area (Å²) in [6.07, 6.45) is 5.94. The summed E-state index contributed by atoms with van der Waals surface area (Å²) in [6, 6.07) is 1.03. The quantitative estimate of drug-likeness (QED) is 0.903. The standard InChI is InChI=1S/C16H29N3/c1-11-9-16(4,5)8-7-15(11)18-12(2)14-10-17-19(6)13(14)3/h10-12,15,18H,7-9H2,1-6H3. The predicted molar refractivity (Wildman–Crippen MR) is 80.1 cm³/mol. The fraction of sp³-hybridized carbons (Fsp3) is 0.812. The molecule has 1 saturated carbocycles. The van der Waals surface area contributed by atoms with Crippen molar-refractivity contribution in [3.8, 4) is 0 Å². The van der Waals surface area contributed by atoms with Gasteiger partial charge in [-0.05, 0) is 44.4 Å². The van der Waals surface area contributed by atoms with Crippen molar-refractivity contribution in [2.24, 2.45) is 18.4 Å². The molecule has 108 valence electrons. The first-order chi connectivity index (χ1) is 8.80. The van der Waals surface area contributed by atoms with Gasteiger partial charge in [0.25, 0.3) is 0 Å². The maximum Gasteiger partial charge on any atom is 0.0540 e. The second-order valence-electron chi connectivity index (χ2n) is 7.19. The van der Waals surface area contributed by atoms with Gasteiger partial charge in [-0.2, -0.15) is 5.10 Å². The Labute approximate surface area is 117 Å². The van der Waals surface area contributed by atoms with E-state index in [4.69, 9.17) is 0 Å². The Morgan fingerprint density at radius 2 is 2.16 bits per heavy atom. The number of hydrogen-bond donors (Lipinski definition) is 1. The Morgan fingerprint density at radius 3 is 2.68 bits per heavy atom. The van der Waals surface area contributed by atoms with Crippen molar-refractivity contribution in [3.63, 3.8) is 0 Å². The number of aromatic nitrogens is 2. The Hall–Kier alpha value is -0.830.